The molecule has 122 valence electrons. The predicted molar refractivity (Wildman–Crippen MR) is 89.9 cm³/mol. The van der Waals surface area contributed by atoms with E-state index in [0.29, 0.717) is 11.4 Å². The molecule has 0 aliphatic rings. The van der Waals surface area contributed by atoms with Crippen LogP contribution < -0.4 is 10.9 Å². The van der Waals surface area contributed by atoms with E-state index in [1.54, 1.807) is 30.3 Å². The Morgan fingerprint density at radius 1 is 1.17 bits per heavy atom. The van der Waals surface area contributed by atoms with E-state index in [0.717, 1.165) is 4.47 Å². The van der Waals surface area contributed by atoms with Crippen LogP contribution in [0, 0.1) is 0 Å². The molecule has 24 heavy (non-hydrogen) atoms. The second-order valence-electron chi connectivity index (χ2n) is 4.86. The van der Waals surface area contributed by atoms with E-state index in [-0.39, 0.29) is 24.6 Å². The van der Waals surface area contributed by atoms with Gasteiger partial charge in [0.1, 0.15) is 12.7 Å². The molecule has 3 rings (SSSR count). The van der Waals surface area contributed by atoms with Crippen LogP contribution in [0.5, 0.6) is 0 Å². The van der Waals surface area contributed by atoms with Crippen molar-refractivity contribution < 1.29 is 4.79 Å². The lowest BCUT2D eigenvalue weighted by atomic mass is 10.2. The highest BCUT2D eigenvalue weighted by atomic mass is 79.9. The normalized spacial score (nSPS) is 10.5. The van der Waals surface area contributed by atoms with Crippen molar-refractivity contribution in [3.63, 3.8) is 0 Å². The van der Waals surface area contributed by atoms with Crippen molar-refractivity contribution in [1.29, 1.82) is 0 Å². The second-order valence-corrected chi connectivity index (χ2v) is 5.77. The van der Waals surface area contributed by atoms with Gasteiger partial charge in [0.2, 0.25) is 0 Å². The van der Waals surface area contributed by atoms with Crippen LogP contribution in [0.25, 0.3) is 5.82 Å². The molecule has 0 aliphatic heterocycles. The molecule has 0 bridgehead atoms. The highest BCUT2D eigenvalue weighted by molar-refractivity contribution is 9.10. The third-order valence-electron chi connectivity index (χ3n) is 3.22. The van der Waals surface area contributed by atoms with Gasteiger partial charge in [-0.05, 0) is 30.3 Å². The fourth-order valence-electron chi connectivity index (χ4n) is 2.03. The fourth-order valence-corrected chi connectivity index (χ4v) is 2.29. The first kappa shape index (κ1) is 16.1. The van der Waals surface area contributed by atoms with Crippen molar-refractivity contribution >= 4 is 21.8 Å². The second kappa shape index (κ2) is 7.18. The summed E-state index contributed by atoms with van der Waals surface area (Å²) in [5, 5.41) is 10.9. The lowest BCUT2D eigenvalue weighted by Crippen LogP contribution is -2.32. The molecule has 0 spiro atoms. The van der Waals surface area contributed by atoms with E-state index >= 15 is 0 Å². The number of carbonyl (C=O) groups excluding carboxylic acids is 1. The summed E-state index contributed by atoms with van der Waals surface area (Å²) >= 11 is 3.32. The van der Waals surface area contributed by atoms with Crippen molar-refractivity contribution in [3.05, 3.63) is 69.4 Å². The largest absolute Gasteiger partial charge is 0.350 e. The molecule has 0 fully saturated rings. The zero-order valence-electron chi connectivity index (χ0n) is 12.5. The fraction of sp³-hybridized carbons (Fsp3) is 0.133. The Hall–Kier alpha value is -2.81. The molecule has 1 N–H and O–H groups in total. The van der Waals surface area contributed by atoms with Crippen LogP contribution in [0.1, 0.15) is 10.4 Å². The Morgan fingerprint density at radius 2 is 1.96 bits per heavy atom. The molecule has 2 heterocycles. The average molecular weight is 389 g/mol. The summed E-state index contributed by atoms with van der Waals surface area (Å²) in [7, 11) is 0. The van der Waals surface area contributed by atoms with Gasteiger partial charge in [-0.15, -0.1) is 5.10 Å². The first-order chi connectivity index (χ1) is 11.6. The molecule has 0 radical (unpaired) electrons. The zero-order chi connectivity index (χ0) is 16.9. The molecule has 0 saturated carbocycles. The molecule has 0 atom stereocenters. The first-order valence-electron chi connectivity index (χ1n) is 7.10. The lowest BCUT2D eigenvalue weighted by Gasteiger charge is -2.08. The van der Waals surface area contributed by atoms with Crippen LogP contribution in [-0.4, -0.2) is 37.0 Å². The summed E-state index contributed by atoms with van der Waals surface area (Å²) < 4.78 is 3.63. The van der Waals surface area contributed by atoms with Crippen molar-refractivity contribution in [3.8, 4) is 5.82 Å². The van der Waals surface area contributed by atoms with Gasteiger partial charge in [0.05, 0.1) is 6.54 Å². The Morgan fingerprint density at radius 3 is 2.67 bits per heavy atom. The van der Waals surface area contributed by atoms with Crippen LogP contribution in [0.3, 0.4) is 0 Å². The molecular formula is C15H13BrN6O2. The maximum Gasteiger partial charge on any atom is 0.266 e. The summed E-state index contributed by atoms with van der Waals surface area (Å²) in [5.41, 5.74) is 0.298. The van der Waals surface area contributed by atoms with E-state index in [2.05, 4.69) is 36.4 Å². The topological polar surface area (TPSA) is 94.7 Å². The number of hydrogen-bond donors (Lipinski definition) is 1. The average Bonchev–Trinajstić information content (AvgIpc) is 3.11. The number of aromatic nitrogens is 5. The van der Waals surface area contributed by atoms with Crippen molar-refractivity contribution in [2.75, 3.05) is 6.54 Å². The van der Waals surface area contributed by atoms with Crippen LogP contribution >= 0.6 is 15.9 Å². The van der Waals surface area contributed by atoms with Crippen LogP contribution in [0.2, 0.25) is 0 Å². The minimum absolute atomic E-state index is 0.206. The Kier molecular flexibility index (Phi) is 4.80. The van der Waals surface area contributed by atoms with E-state index < -0.39 is 0 Å². The van der Waals surface area contributed by atoms with E-state index in [9.17, 15) is 9.59 Å². The van der Waals surface area contributed by atoms with Gasteiger partial charge < -0.3 is 5.32 Å². The number of benzene rings is 1. The summed E-state index contributed by atoms with van der Waals surface area (Å²) in [4.78, 5) is 27.7. The Labute approximate surface area is 145 Å². The highest BCUT2D eigenvalue weighted by Crippen LogP contribution is 2.10. The Bertz CT molecular complexity index is 889. The van der Waals surface area contributed by atoms with Gasteiger partial charge in [0.25, 0.3) is 11.5 Å². The number of nitrogens with one attached hydrogen (secondary N) is 1. The van der Waals surface area contributed by atoms with Crippen LogP contribution in [0.15, 0.2) is 58.3 Å². The summed E-state index contributed by atoms with van der Waals surface area (Å²) in [6.45, 7) is 0.534. The lowest BCUT2D eigenvalue weighted by molar-refractivity contribution is 0.0951. The molecule has 9 heteroatoms. The third-order valence-corrected chi connectivity index (χ3v) is 3.75. The highest BCUT2D eigenvalue weighted by Gasteiger charge is 2.06. The van der Waals surface area contributed by atoms with E-state index in [1.165, 1.54) is 28.1 Å². The number of amides is 1. The van der Waals surface area contributed by atoms with E-state index in [1.807, 2.05) is 0 Å². The summed E-state index contributed by atoms with van der Waals surface area (Å²) in [6, 6.07) is 9.99. The van der Waals surface area contributed by atoms with Gasteiger partial charge in [-0.25, -0.2) is 14.3 Å². The molecule has 3 aromatic rings. The minimum atomic E-state index is -0.253. The molecule has 8 nitrogen and oxygen atoms in total. The smallest absolute Gasteiger partial charge is 0.266 e. The van der Waals surface area contributed by atoms with Gasteiger partial charge in [0.15, 0.2) is 5.82 Å². The number of hydrogen-bond acceptors (Lipinski definition) is 5. The molecular weight excluding hydrogens is 376 g/mol. The predicted octanol–water partition coefficient (Wildman–Crippen LogP) is 1.02. The first-order valence-corrected chi connectivity index (χ1v) is 7.90. The molecule has 2 aromatic heterocycles. The van der Waals surface area contributed by atoms with Crippen molar-refractivity contribution in [2.24, 2.45) is 0 Å². The molecule has 1 aromatic carbocycles. The zero-order valence-corrected chi connectivity index (χ0v) is 14.0. The maximum absolute atomic E-state index is 12.0. The summed E-state index contributed by atoms with van der Waals surface area (Å²) in [5.74, 6) is 0.273. The molecule has 1 amide bonds. The van der Waals surface area contributed by atoms with Gasteiger partial charge >= 0.3 is 0 Å². The number of carbonyl (C=O) groups is 1. The standard InChI is InChI=1S/C15H13BrN6O2/c16-12-3-1-11(2-4-12)15(24)18-7-8-21-14(23)6-5-13(20-21)22-10-17-9-19-22/h1-6,9-10H,7-8H2,(H,18,24). The minimum Gasteiger partial charge on any atom is -0.350 e. The number of nitrogens with zero attached hydrogens (tertiary/aromatic N) is 5. The monoisotopic (exact) mass is 388 g/mol. The van der Waals surface area contributed by atoms with Gasteiger partial charge in [0, 0.05) is 22.6 Å². The third kappa shape index (κ3) is 3.74. The van der Waals surface area contributed by atoms with Crippen LogP contribution in [-0.2, 0) is 6.54 Å². The van der Waals surface area contributed by atoms with Gasteiger partial charge in [-0.3, -0.25) is 9.59 Å². The summed E-state index contributed by atoms with van der Waals surface area (Å²) in [6.07, 6.45) is 2.88. The maximum atomic E-state index is 12.0. The van der Waals surface area contributed by atoms with Crippen molar-refractivity contribution in [2.45, 2.75) is 6.54 Å². The van der Waals surface area contributed by atoms with Crippen molar-refractivity contribution in [1.82, 2.24) is 29.9 Å². The molecule has 0 aliphatic carbocycles. The van der Waals surface area contributed by atoms with E-state index in [4.69, 9.17) is 0 Å². The van der Waals surface area contributed by atoms with Gasteiger partial charge in [-0.1, -0.05) is 15.9 Å². The molecule has 0 unspecified atom stereocenters. The van der Waals surface area contributed by atoms with Crippen LogP contribution in [0.4, 0.5) is 0 Å². The quantitative estimate of drug-likeness (QED) is 0.703. The molecule has 0 saturated heterocycles. The number of halogens is 1. The Balaban J connectivity index is 1.64. The SMILES string of the molecule is O=C(NCCn1nc(-n2cncn2)ccc1=O)c1ccc(Br)cc1. The number of rotatable bonds is 5. The van der Waals surface area contributed by atoms with Gasteiger partial charge in [-0.2, -0.15) is 5.10 Å².